The largest absolute Gasteiger partial charge is 0.398 e. The van der Waals surface area contributed by atoms with Crippen molar-refractivity contribution >= 4 is 15.7 Å². The number of anilines is 1. The summed E-state index contributed by atoms with van der Waals surface area (Å²) >= 11 is 0. The van der Waals surface area contributed by atoms with E-state index in [1.54, 1.807) is 17.7 Å². The van der Waals surface area contributed by atoms with Gasteiger partial charge in [0.25, 0.3) is 5.92 Å². The van der Waals surface area contributed by atoms with E-state index >= 15 is 0 Å². The van der Waals surface area contributed by atoms with Crippen molar-refractivity contribution < 1.29 is 22.3 Å². The van der Waals surface area contributed by atoms with Crippen LogP contribution >= 0.6 is 0 Å². The van der Waals surface area contributed by atoms with Crippen LogP contribution < -0.4 is 10.5 Å². The van der Waals surface area contributed by atoms with Crippen molar-refractivity contribution in [3.63, 3.8) is 0 Å². The van der Waals surface area contributed by atoms with Gasteiger partial charge in [-0.3, -0.25) is 0 Å². The fraction of sp³-hybridized carbons (Fsp3) is 0.455. The van der Waals surface area contributed by atoms with E-state index in [2.05, 4.69) is 0 Å². The average molecular weight is 294 g/mol. The maximum Gasteiger partial charge on any atom is 0.283 e. The molecule has 5 nitrogen and oxygen atoms in total. The number of sulfonamides is 1. The second kappa shape index (κ2) is 5.40. The van der Waals surface area contributed by atoms with E-state index in [4.69, 9.17) is 10.8 Å². The van der Waals surface area contributed by atoms with Gasteiger partial charge in [-0.15, -0.1) is 0 Å². The van der Waals surface area contributed by atoms with Crippen molar-refractivity contribution in [3.05, 3.63) is 23.3 Å². The van der Waals surface area contributed by atoms with Gasteiger partial charge in [0.1, 0.15) is 6.61 Å². The Bertz CT molecular complexity index is 574. The number of hydrogen-bond acceptors (Lipinski definition) is 4. The summed E-state index contributed by atoms with van der Waals surface area (Å²) in [5.41, 5.74) is 6.82. The Hall–Kier alpha value is -1.25. The molecule has 0 bridgehead atoms. The average Bonchev–Trinajstić information content (AvgIpc) is 2.31. The number of aryl methyl sites for hydroxylation is 1. The van der Waals surface area contributed by atoms with Gasteiger partial charge in [-0.1, -0.05) is 0 Å². The second-order valence-corrected chi connectivity index (χ2v) is 6.05. The monoisotopic (exact) mass is 294 g/mol. The molecule has 0 aliphatic rings. The molecule has 0 heterocycles. The smallest absolute Gasteiger partial charge is 0.283 e. The van der Waals surface area contributed by atoms with Crippen LogP contribution in [0.3, 0.4) is 0 Å². The van der Waals surface area contributed by atoms with Crippen molar-refractivity contribution in [2.45, 2.75) is 24.7 Å². The molecule has 19 heavy (non-hydrogen) atoms. The van der Waals surface area contributed by atoms with Crippen LogP contribution in [-0.2, 0) is 10.0 Å². The Kier molecular flexibility index (Phi) is 4.49. The van der Waals surface area contributed by atoms with Gasteiger partial charge < -0.3 is 10.8 Å². The van der Waals surface area contributed by atoms with Crippen LogP contribution in [0.2, 0.25) is 0 Å². The van der Waals surface area contributed by atoms with Gasteiger partial charge in [0.05, 0.1) is 11.4 Å². The molecule has 108 valence electrons. The van der Waals surface area contributed by atoms with Crippen molar-refractivity contribution in [2.24, 2.45) is 0 Å². The highest BCUT2D eigenvalue weighted by Gasteiger charge is 2.30. The second-order valence-electron chi connectivity index (χ2n) is 4.32. The van der Waals surface area contributed by atoms with Crippen LogP contribution in [0.5, 0.6) is 0 Å². The zero-order chi connectivity index (χ0) is 14.8. The van der Waals surface area contributed by atoms with Crippen LogP contribution in [0.1, 0.15) is 11.1 Å². The first-order valence-corrected chi connectivity index (χ1v) is 6.92. The Balaban J connectivity index is 3.08. The lowest BCUT2D eigenvalue weighted by Gasteiger charge is -2.16. The maximum absolute atomic E-state index is 12.9. The summed E-state index contributed by atoms with van der Waals surface area (Å²) in [6, 6.07) is 2.95. The lowest BCUT2D eigenvalue weighted by Crippen LogP contribution is -2.39. The predicted molar refractivity (Wildman–Crippen MR) is 67.5 cm³/mol. The Morgan fingerprint density at radius 1 is 1.37 bits per heavy atom. The number of nitrogens with one attached hydrogen (secondary N) is 1. The number of hydrogen-bond donors (Lipinski definition) is 3. The highest BCUT2D eigenvalue weighted by molar-refractivity contribution is 7.89. The number of aliphatic hydroxyl groups is 1. The van der Waals surface area contributed by atoms with Crippen LogP contribution in [0.25, 0.3) is 0 Å². The standard InChI is InChI=1S/C11H16F2N2O3S/c1-7-3-9(14)8(2)10(4-7)19(17,18)15-5-11(12,13)6-16/h3-4,15-16H,5-6,14H2,1-2H3. The number of nitrogens with two attached hydrogens (primary N) is 1. The third kappa shape index (κ3) is 3.85. The summed E-state index contributed by atoms with van der Waals surface area (Å²) in [5, 5.41) is 8.40. The van der Waals surface area contributed by atoms with Gasteiger partial charge in [-0.2, -0.15) is 0 Å². The quantitative estimate of drug-likeness (QED) is 0.700. The summed E-state index contributed by atoms with van der Waals surface area (Å²) in [5.74, 6) is -3.50. The van der Waals surface area contributed by atoms with Crippen LogP contribution in [-0.4, -0.2) is 32.6 Å². The topological polar surface area (TPSA) is 92.4 Å². The first-order chi connectivity index (χ1) is 8.59. The fourth-order valence-electron chi connectivity index (χ4n) is 1.47. The van der Waals surface area contributed by atoms with E-state index in [1.165, 1.54) is 13.0 Å². The van der Waals surface area contributed by atoms with Gasteiger partial charge in [-0.05, 0) is 37.1 Å². The van der Waals surface area contributed by atoms with Gasteiger partial charge >= 0.3 is 0 Å². The van der Waals surface area contributed by atoms with Crippen molar-refractivity contribution in [3.8, 4) is 0 Å². The van der Waals surface area contributed by atoms with Gasteiger partial charge in [0.2, 0.25) is 10.0 Å². The number of rotatable bonds is 5. The molecule has 0 aliphatic carbocycles. The molecule has 0 aliphatic heterocycles. The highest BCUT2D eigenvalue weighted by atomic mass is 32.2. The first kappa shape index (κ1) is 15.8. The van der Waals surface area contributed by atoms with E-state index in [0.29, 0.717) is 11.1 Å². The Morgan fingerprint density at radius 3 is 2.47 bits per heavy atom. The molecule has 0 aromatic heterocycles. The molecular formula is C11H16F2N2O3S. The SMILES string of the molecule is Cc1cc(N)c(C)c(S(=O)(=O)NCC(F)(F)CO)c1. The number of nitrogen functional groups attached to an aromatic ring is 1. The van der Waals surface area contributed by atoms with Crippen LogP contribution in [0.4, 0.5) is 14.5 Å². The Labute approximate surface area is 110 Å². The van der Waals surface area contributed by atoms with Crippen molar-refractivity contribution in [1.29, 1.82) is 0 Å². The minimum atomic E-state index is -4.10. The molecule has 1 aromatic rings. The zero-order valence-electron chi connectivity index (χ0n) is 10.6. The van der Waals surface area contributed by atoms with E-state index in [-0.39, 0.29) is 10.6 Å². The summed E-state index contributed by atoms with van der Waals surface area (Å²) in [6.07, 6.45) is 0. The van der Waals surface area contributed by atoms with Crippen LogP contribution in [0, 0.1) is 13.8 Å². The molecule has 0 fully saturated rings. The molecule has 0 atom stereocenters. The number of alkyl halides is 2. The minimum Gasteiger partial charge on any atom is -0.398 e. The molecule has 0 radical (unpaired) electrons. The fourth-order valence-corrected chi connectivity index (χ4v) is 2.88. The molecule has 0 unspecified atom stereocenters. The molecular weight excluding hydrogens is 278 g/mol. The summed E-state index contributed by atoms with van der Waals surface area (Å²) < 4.78 is 51.4. The predicted octanol–water partition coefficient (Wildman–Crippen LogP) is 0.792. The van der Waals surface area contributed by atoms with Crippen LogP contribution in [0.15, 0.2) is 17.0 Å². The van der Waals surface area contributed by atoms with Gasteiger partial charge in [0, 0.05) is 5.69 Å². The number of benzene rings is 1. The summed E-state index contributed by atoms with van der Waals surface area (Å²) in [6.45, 7) is 0.550. The summed E-state index contributed by atoms with van der Waals surface area (Å²) in [4.78, 5) is -0.140. The molecule has 0 amide bonds. The van der Waals surface area contributed by atoms with E-state index in [0.717, 1.165) is 0 Å². The summed E-state index contributed by atoms with van der Waals surface area (Å²) in [7, 11) is -4.10. The first-order valence-electron chi connectivity index (χ1n) is 5.44. The lowest BCUT2D eigenvalue weighted by molar-refractivity contribution is -0.0437. The third-order valence-electron chi connectivity index (χ3n) is 2.59. The van der Waals surface area contributed by atoms with Gasteiger partial charge in [0.15, 0.2) is 0 Å². The molecule has 1 aromatic carbocycles. The lowest BCUT2D eigenvalue weighted by atomic mass is 10.1. The number of aliphatic hydroxyl groups excluding tert-OH is 1. The zero-order valence-corrected chi connectivity index (χ0v) is 11.4. The molecule has 0 saturated carbocycles. The minimum absolute atomic E-state index is 0.140. The van der Waals surface area contributed by atoms with Crippen molar-refractivity contribution in [1.82, 2.24) is 4.72 Å². The Morgan fingerprint density at radius 2 is 1.95 bits per heavy atom. The molecule has 0 spiro atoms. The highest BCUT2D eigenvalue weighted by Crippen LogP contribution is 2.23. The maximum atomic E-state index is 12.9. The van der Waals surface area contributed by atoms with E-state index in [9.17, 15) is 17.2 Å². The molecule has 4 N–H and O–H groups in total. The van der Waals surface area contributed by atoms with E-state index in [1.807, 2.05) is 0 Å². The molecule has 8 heteroatoms. The third-order valence-corrected chi connectivity index (χ3v) is 4.11. The number of halogens is 2. The molecule has 1 rings (SSSR count). The normalized spacial score (nSPS) is 12.7. The van der Waals surface area contributed by atoms with Gasteiger partial charge in [-0.25, -0.2) is 21.9 Å². The van der Waals surface area contributed by atoms with Crippen molar-refractivity contribution in [2.75, 3.05) is 18.9 Å². The molecule has 0 saturated heterocycles. The van der Waals surface area contributed by atoms with E-state index < -0.39 is 29.1 Å².